The number of aromatic amines is 2. The van der Waals surface area contributed by atoms with E-state index < -0.39 is 5.56 Å². The van der Waals surface area contributed by atoms with Crippen molar-refractivity contribution in [3.63, 3.8) is 0 Å². The number of hydrogen-bond acceptors (Lipinski definition) is 6. The van der Waals surface area contributed by atoms with Gasteiger partial charge in [-0.25, -0.2) is 9.37 Å². The lowest BCUT2D eigenvalue weighted by atomic mass is 10.1. The van der Waals surface area contributed by atoms with Gasteiger partial charge in [0, 0.05) is 18.7 Å². The zero-order valence-electron chi connectivity index (χ0n) is 14.4. The molecule has 1 amide bonds. The molecule has 0 aliphatic rings. The number of carbonyl (C=O) groups excluding carboxylic acids is 1. The Morgan fingerprint density at radius 2 is 2.07 bits per heavy atom. The molecule has 4 rings (SSSR count). The van der Waals surface area contributed by atoms with Crippen LogP contribution in [0.3, 0.4) is 0 Å². The number of nitrogens with zero attached hydrogens (tertiary/aromatic N) is 4. The Balaban J connectivity index is 1.41. The molecule has 0 aliphatic carbocycles. The highest BCUT2D eigenvalue weighted by atomic mass is 19.1. The van der Waals surface area contributed by atoms with Gasteiger partial charge in [0.15, 0.2) is 11.2 Å². The third-order valence-corrected chi connectivity index (χ3v) is 4.09. The van der Waals surface area contributed by atoms with Crippen LogP contribution in [0.15, 0.2) is 41.5 Å². The first-order chi connectivity index (χ1) is 13.5. The number of amides is 1. The van der Waals surface area contributed by atoms with Crippen LogP contribution in [0, 0.1) is 5.82 Å². The zero-order valence-corrected chi connectivity index (χ0v) is 14.4. The van der Waals surface area contributed by atoms with E-state index in [4.69, 9.17) is 5.73 Å². The summed E-state index contributed by atoms with van der Waals surface area (Å²) in [5.41, 5.74) is 7.15. The molecule has 5 N–H and O–H groups in total. The highest BCUT2D eigenvalue weighted by molar-refractivity contribution is 5.93. The van der Waals surface area contributed by atoms with Crippen molar-refractivity contribution in [1.82, 2.24) is 35.0 Å². The van der Waals surface area contributed by atoms with E-state index in [1.54, 1.807) is 22.8 Å². The van der Waals surface area contributed by atoms with Crippen molar-refractivity contribution in [2.75, 3.05) is 12.3 Å². The zero-order chi connectivity index (χ0) is 19.7. The number of imidazole rings is 1. The number of nitrogen functional groups attached to an aromatic ring is 1. The van der Waals surface area contributed by atoms with Gasteiger partial charge in [0.2, 0.25) is 5.95 Å². The van der Waals surface area contributed by atoms with E-state index in [0.717, 1.165) is 0 Å². The third-order valence-electron chi connectivity index (χ3n) is 4.09. The quantitative estimate of drug-likeness (QED) is 0.399. The minimum absolute atomic E-state index is 0.00549. The lowest BCUT2D eigenvalue weighted by Crippen LogP contribution is -2.27. The summed E-state index contributed by atoms with van der Waals surface area (Å²) in [5, 5.41) is 9.47. The van der Waals surface area contributed by atoms with Crippen molar-refractivity contribution >= 4 is 23.0 Å². The lowest BCUT2D eigenvalue weighted by Gasteiger charge is -2.05. The number of rotatable bonds is 5. The normalized spacial score (nSPS) is 11.0. The second kappa shape index (κ2) is 6.95. The van der Waals surface area contributed by atoms with Gasteiger partial charge < -0.3 is 15.6 Å². The minimum atomic E-state index is -0.420. The molecule has 3 aromatic heterocycles. The van der Waals surface area contributed by atoms with Gasteiger partial charge in [-0.05, 0) is 30.3 Å². The third kappa shape index (κ3) is 3.32. The predicted molar refractivity (Wildman–Crippen MR) is 98.9 cm³/mol. The van der Waals surface area contributed by atoms with Gasteiger partial charge in [0.25, 0.3) is 11.5 Å². The number of fused-ring (bicyclic) bond motifs is 1. The summed E-state index contributed by atoms with van der Waals surface area (Å²) in [6, 6.07) is 7.39. The van der Waals surface area contributed by atoms with Crippen LogP contribution in [-0.4, -0.2) is 42.2 Å². The first kappa shape index (κ1) is 17.4. The largest absolute Gasteiger partial charge is 0.369 e. The number of nitrogens with one attached hydrogen (secondary N) is 3. The van der Waals surface area contributed by atoms with Gasteiger partial charge in [-0.1, -0.05) is 0 Å². The highest BCUT2D eigenvalue weighted by Crippen LogP contribution is 2.17. The number of H-pyrrole nitrogens is 2. The fourth-order valence-corrected chi connectivity index (χ4v) is 2.73. The van der Waals surface area contributed by atoms with Crippen molar-refractivity contribution in [2.45, 2.75) is 6.54 Å². The Bertz CT molecular complexity index is 1210. The number of halogens is 1. The van der Waals surface area contributed by atoms with Gasteiger partial charge in [-0.3, -0.25) is 19.7 Å². The predicted octanol–water partition coefficient (Wildman–Crippen LogP) is 0.661. The second-order valence-corrected chi connectivity index (χ2v) is 5.99. The molecule has 0 radical (unpaired) electrons. The summed E-state index contributed by atoms with van der Waals surface area (Å²) in [5.74, 6) is -0.702. The Hall–Kier alpha value is -4.02. The molecule has 0 saturated carbocycles. The molecule has 0 bridgehead atoms. The Labute approximate surface area is 156 Å². The molecule has 0 spiro atoms. The summed E-state index contributed by atoms with van der Waals surface area (Å²) < 4.78 is 14.6. The summed E-state index contributed by atoms with van der Waals surface area (Å²) in [4.78, 5) is 34.5. The number of hydrogen-bond donors (Lipinski definition) is 4. The molecule has 3 heterocycles. The van der Waals surface area contributed by atoms with Crippen molar-refractivity contribution in [3.8, 4) is 11.3 Å². The molecule has 0 unspecified atom stereocenters. The Morgan fingerprint density at radius 1 is 1.29 bits per heavy atom. The van der Waals surface area contributed by atoms with E-state index >= 15 is 0 Å². The highest BCUT2D eigenvalue weighted by Gasteiger charge is 2.12. The van der Waals surface area contributed by atoms with E-state index in [2.05, 4.69) is 30.5 Å². The van der Waals surface area contributed by atoms with Crippen molar-refractivity contribution < 1.29 is 9.18 Å². The molecule has 4 aromatic rings. The fourth-order valence-electron chi connectivity index (χ4n) is 2.73. The molecule has 0 saturated heterocycles. The Morgan fingerprint density at radius 3 is 2.86 bits per heavy atom. The van der Waals surface area contributed by atoms with Crippen LogP contribution in [0.5, 0.6) is 0 Å². The number of aromatic nitrogens is 6. The molecule has 142 valence electrons. The Kier molecular flexibility index (Phi) is 4.32. The maximum absolute atomic E-state index is 13.0. The van der Waals surface area contributed by atoms with Crippen LogP contribution in [0.2, 0.25) is 0 Å². The summed E-state index contributed by atoms with van der Waals surface area (Å²) in [7, 11) is 0. The minimum Gasteiger partial charge on any atom is -0.369 e. The van der Waals surface area contributed by atoms with Crippen LogP contribution in [0.4, 0.5) is 10.3 Å². The standard InChI is InChI=1S/C17H15FN8O2/c18-10-3-1-9(2-4-10)11-7-12(25-24-11)15(27)20-5-6-26-8-21-13-14(26)22-17(19)23-16(13)28/h1-4,7-8H,5-6H2,(H,20,27)(H,24,25)(H3,19,22,23,28). The molecule has 28 heavy (non-hydrogen) atoms. The number of anilines is 1. The number of benzene rings is 1. The van der Waals surface area contributed by atoms with E-state index in [1.807, 2.05) is 0 Å². The smallest absolute Gasteiger partial charge is 0.280 e. The average molecular weight is 382 g/mol. The van der Waals surface area contributed by atoms with Gasteiger partial charge in [-0.2, -0.15) is 10.1 Å². The monoisotopic (exact) mass is 382 g/mol. The molecular formula is C17H15FN8O2. The van der Waals surface area contributed by atoms with Crippen molar-refractivity contribution in [2.24, 2.45) is 0 Å². The van der Waals surface area contributed by atoms with E-state index in [-0.39, 0.29) is 35.4 Å². The van der Waals surface area contributed by atoms with Crippen LogP contribution >= 0.6 is 0 Å². The van der Waals surface area contributed by atoms with Crippen LogP contribution in [0.1, 0.15) is 10.5 Å². The van der Waals surface area contributed by atoms with Crippen LogP contribution < -0.4 is 16.6 Å². The first-order valence-corrected chi connectivity index (χ1v) is 8.31. The van der Waals surface area contributed by atoms with Crippen molar-refractivity contribution in [1.29, 1.82) is 0 Å². The van der Waals surface area contributed by atoms with Gasteiger partial charge in [0.1, 0.15) is 11.5 Å². The summed E-state index contributed by atoms with van der Waals surface area (Å²) in [6.07, 6.45) is 1.46. The van der Waals surface area contributed by atoms with Gasteiger partial charge >= 0.3 is 0 Å². The summed E-state index contributed by atoms with van der Waals surface area (Å²) in [6.45, 7) is 0.612. The van der Waals surface area contributed by atoms with Gasteiger partial charge in [-0.15, -0.1) is 0 Å². The van der Waals surface area contributed by atoms with Crippen LogP contribution in [-0.2, 0) is 6.54 Å². The van der Waals surface area contributed by atoms with E-state index in [1.165, 1.54) is 18.5 Å². The molecule has 11 heteroatoms. The number of nitrogens with two attached hydrogens (primary N) is 1. The second-order valence-electron chi connectivity index (χ2n) is 5.99. The number of carbonyl (C=O) groups is 1. The van der Waals surface area contributed by atoms with Crippen LogP contribution in [0.25, 0.3) is 22.4 Å². The molecule has 10 nitrogen and oxygen atoms in total. The molecular weight excluding hydrogens is 367 g/mol. The molecule has 1 aromatic carbocycles. The maximum Gasteiger partial charge on any atom is 0.280 e. The van der Waals surface area contributed by atoms with Crippen molar-refractivity contribution in [3.05, 3.63) is 58.5 Å². The van der Waals surface area contributed by atoms with Gasteiger partial charge in [0.05, 0.1) is 12.0 Å². The maximum atomic E-state index is 13.0. The SMILES string of the molecule is Nc1nc2c(ncn2CCNC(=O)c2cc(-c3ccc(F)cc3)n[nH]2)c(=O)[nH]1. The average Bonchev–Trinajstić information content (AvgIpc) is 3.30. The first-order valence-electron chi connectivity index (χ1n) is 8.31. The lowest BCUT2D eigenvalue weighted by molar-refractivity contribution is 0.0947. The summed E-state index contributed by atoms with van der Waals surface area (Å²) >= 11 is 0. The fraction of sp³-hybridized carbons (Fsp3) is 0.118. The molecule has 0 fully saturated rings. The van der Waals surface area contributed by atoms with E-state index in [9.17, 15) is 14.0 Å². The molecule has 0 aliphatic heterocycles. The molecule has 0 atom stereocenters. The topological polar surface area (TPSA) is 147 Å². The van der Waals surface area contributed by atoms with E-state index in [0.29, 0.717) is 23.4 Å².